The summed E-state index contributed by atoms with van der Waals surface area (Å²) in [6.07, 6.45) is 1.96. The summed E-state index contributed by atoms with van der Waals surface area (Å²) in [6.45, 7) is 0. The predicted octanol–water partition coefficient (Wildman–Crippen LogP) is 1.33. The van der Waals surface area contributed by atoms with Crippen LogP contribution in [0.2, 0.25) is 0 Å². The van der Waals surface area contributed by atoms with Gasteiger partial charge in [0.1, 0.15) is 4.60 Å². The Balaban J connectivity index is 2.45. The lowest BCUT2D eigenvalue weighted by molar-refractivity contribution is -0.117. The maximum atomic E-state index is 10.3. The average molecular weight is 234 g/mol. The number of hydrogen-bond acceptors (Lipinski definition) is 3. The van der Waals surface area contributed by atoms with E-state index in [2.05, 4.69) is 20.9 Å². The first-order valence-electron chi connectivity index (χ1n) is 2.91. The van der Waals surface area contributed by atoms with E-state index < -0.39 is 0 Å². The Morgan fingerprint density at radius 2 is 2.64 bits per heavy atom. The standard InChI is InChI=1S/C6H6BrN2OS/c7-4-3-11-6(9-4)2-1-5(8)10/h2-3H,1H2,(H2,8,10). The van der Waals surface area contributed by atoms with Crippen LogP contribution in [0.15, 0.2) is 9.98 Å². The zero-order chi connectivity index (χ0) is 8.27. The van der Waals surface area contributed by atoms with Crippen molar-refractivity contribution in [3.05, 3.63) is 21.4 Å². The molecule has 0 saturated heterocycles. The summed E-state index contributed by atoms with van der Waals surface area (Å²) in [5, 5.41) is 2.67. The summed E-state index contributed by atoms with van der Waals surface area (Å²) in [5.74, 6) is -0.337. The summed E-state index contributed by atoms with van der Waals surface area (Å²) in [6, 6.07) is 0. The van der Waals surface area contributed by atoms with E-state index in [1.165, 1.54) is 11.3 Å². The van der Waals surface area contributed by atoms with Gasteiger partial charge >= 0.3 is 0 Å². The molecule has 59 valence electrons. The molecule has 0 fully saturated rings. The molecule has 3 nitrogen and oxygen atoms in total. The van der Waals surface area contributed by atoms with Crippen LogP contribution in [0, 0.1) is 6.42 Å². The molecular formula is C6H6BrN2OS. The van der Waals surface area contributed by atoms with Crippen molar-refractivity contribution in [1.29, 1.82) is 0 Å². The van der Waals surface area contributed by atoms with Crippen molar-refractivity contribution in [1.82, 2.24) is 4.98 Å². The van der Waals surface area contributed by atoms with Crippen molar-refractivity contribution in [2.24, 2.45) is 5.73 Å². The minimum absolute atomic E-state index is 0.250. The van der Waals surface area contributed by atoms with E-state index in [0.717, 1.165) is 9.61 Å². The smallest absolute Gasteiger partial charge is 0.218 e. The highest BCUT2D eigenvalue weighted by molar-refractivity contribution is 9.10. The zero-order valence-electron chi connectivity index (χ0n) is 5.58. The van der Waals surface area contributed by atoms with E-state index in [-0.39, 0.29) is 12.3 Å². The molecule has 0 aliphatic rings. The fraction of sp³-hybridized carbons (Fsp3) is 0.167. The second kappa shape index (κ2) is 3.82. The lowest BCUT2D eigenvalue weighted by Crippen LogP contribution is -2.10. The Labute approximate surface area is 76.8 Å². The highest BCUT2D eigenvalue weighted by atomic mass is 79.9. The molecule has 1 amide bonds. The van der Waals surface area contributed by atoms with Gasteiger partial charge < -0.3 is 5.73 Å². The van der Waals surface area contributed by atoms with E-state index in [9.17, 15) is 4.79 Å². The van der Waals surface area contributed by atoms with Crippen LogP contribution in [0.5, 0.6) is 0 Å². The van der Waals surface area contributed by atoms with Gasteiger partial charge in [0.2, 0.25) is 5.91 Å². The number of hydrogen-bond donors (Lipinski definition) is 1. The summed E-state index contributed by atoms with van der Waals surface area (Å²) in [5.41, 5.74) is 4.94. The van der Waals surface area contributed by atoms with E-state index in [0.29, 0.717) is 0 Å². The molecule has 2 N–H and O–H groups in total. The molecule has 1 aromatic rings. The van der Waals surface area contributed by atoms with Crippen molar-refractivity contribution >= 4 is 33.2 Å². The van der Waals surface area contributed by atoms with Crippen molar-refractivity contribution in [3.63, 3.8) is 0 Å². The predicted molar refractivity (Wildman–Crippen MR) is 47.0 cm³/mol. The number of carbonyl (C=O) groups excluding carboxylic acids is 1. The molecular weight excluding hydrogens is 228 g/mol. The Hall–Kier alpha value is -0.420. The number of thiazole rings is 1. The van der Waals surface area contributed by atoms with E-state index in [1.807, 2.05) is 5.38 Å². The number of halogens is 1. The first-order chi connectivity index (χ1) is 5.18. The second-order valence-corrected chi connectivity index (χ2v) is 3.59. The van der Waals surface area contributed by atoms with Crippen LogP contribution in [-0.2, 0) is 4.79 Å². The van der Waals surface area contributed by atoms with Gasteiger partial charge in [-0.2, -0.15) is 0 Å². The Bertz CT molecular complexity index is 261. The van der Waals surface area contributed by atoms with Crippen LogP contribution in [0.4, 0.5) is 0 Å². The molecule has 1 radical (unpaired) electrons. The van der Waals surface area contributed by atoms with E-state index in [1.54, 1.807) is 6.42 Å². The lowest BCUT2D eigenvalue weighted by Gasteiger charge is -1.89. The average Bonchev–Trinajstić information content (AvgIpc) is 2.31. The van der Waals surface area contributed by atoms with Crippen LogP contribution in [-0.4, -0.2) is 10.9 Å². The third-order valence-corrected chi connectivity index (χ3v) is 2.52. The number of rotatable bonds is 3. The molecule has 0 unspecified atom stereocenters. The molecule has 5 heteroatoms. The van der Waals surface area contributed by atoms with Gasteiger partial charge in [0.25, 0.3) is 0 Å². The molecule has 11 heavy (non-hydrogen) atoms. The Morgan fingerprint density at radius 3 is 3.09 bits per heavy atom. The van der Waals surface area contributed by atoms with Gasteiger partial charge in [-0.15, -0.1) is 11.3 Å². The van der Waals surface area contributed by atoms with Gasteiger partial charge in [0, 0.05) is 18.2 Å². The van der Waals surface area contributed by atoms with Gasteiger partial charge in [-0.05, 0) is 15.9 Å². The molecule has 0 aliphatic carbocycles. The number of carbonyl (C=O) groups is 1. The van der Waals surface area contributed by atoms with Crippen LogP contribution in [0.1, 0.15) is 11.4 Å². The molecule has 0 aliphatic heterocycles. The summed E-state index contributed by atoms with van der Waals surface area (Å²) < 4.78 is 0.790. The summed E-state index contributed by atoms with van der Waals surface area (Å²) >= 11 is 4.67. The van der Waals surface area contributed by atoms with Crippen LogP contribution in [0.25, 0.3) is 0 Å². The molecule has 0 spiro atoms. The Morgan fingerprint density at radius 1 is 1.91 bits per heavy atom. The SMILES string of the molecule is NC(=O)C[CH]c1nc(Br)cs1. The second-order valence-electron chi connectivity index (χ2n) is 1.88. The molecule has 1 heterocycles. The maximum absolute atomic E-state index is 10.3. The van der Waals surface area contributed by atoms with Gasteiger partial charge in [-0.3, -0.25) is 4.79 Å². The maximum Gasteiger partial charge on any atom is 0.218 e. The summed E-state index contributed by atoms with van der Waals surface area (Å²) in [7, 11) is 0. The number of primary amides is 1. The van der Waals surface area contributed by atoms with Crippen molar-refractivity contribution < 1.29 is 4.79 Å². The largest absolute Gasteiger partial charge is 0.370 e. The fourth-order valence-electron chi connectivity index (χ4n) is 0.549. The molecule has 1 aromatic heterocycles. The number of nitrogens with two attached hydrogens (primary N) is 1. The highest BCUT2D eigenvalue weighted by Gasteiger charge is 2.01. The van der Waals surface area contributed by atoms with Crippen LogP contribution < -0.4 is 5.73 Å². The Kier molecular flexibility index (Phi) is 3.02. The first kappa shape index (κ1) is 8.67. The van der Waals surface area contributed by atoms with Gasteiger partial charge in [-0.25, -0.2) is 4.98 Å². The topological polar surface area (TPSA) is 56.0 Å². The quantitative estimate of drug-likeness (QED) is 0.857. The minimum atomic E-state index is -0.337. The minimum Gasteiger partial charge on any atom is -0.370 e. The third kappa shape index (κ3) is 2.98. The van der Waals surface area contributed by atoms with E-state index in [4.69, 9.17) is 5.73 Å². The number of amides is 1. The lowest BCUT2D eigenvalue weighted by atomic mass is 10.3. The van der Waals surface area contributed by atoms with Gasteiger partial charge in [-0.1, -0.05) is 0 Å². The third-order valence-electron chi connectivity index (χ3n) is 0.972. The molecule has 0 atom stereocenters. The fourth-order valence-corrected chi connectivity index (χ4v) is 1.74. The van der Waals surface area contributed by atoms with Crippen LogP contribution >= 0.6 is 27.3 Å². The van der Waals surface area contributed by atoms with Crippen LogP contribution in [0.3, 0.4) is 0 Å². The molecule has 1 rings (SSSR count). The van der Waals surface area contributed by atoms with Gasteiger partial charge in [0.05, 0.1) is 5.01 Å². The zero-order valence-corrected chi connectivity index (χ0v) is 7.98. The monoisotopic (exact) mass is 233 g/mol. The van der Waals surface area contributed by atoms with Gasteiger partial charge in [0.15, 0.2) is 0 Å². The number of aromatic nitrogens is 1. The molecule has 0 aromatic carbocycles. The van der Waals surface area contributed by atoms with Crippen molar-refractivity contribution in [2.75, 3.05) is 0 Å². The highest BCUT2D eigenvalue weighted by Crippen LogP contribution is 2.16. The normalized spacial score (nSPS) is 9.91. The van der Waals surface area contributed by atoms with E-state index >= 15 is 0 Å². The number of nitrogens with zero attached hydrogens (tertiary/aromatic N) is 1. The molecule has 0 bridgehead atoms. The first-order valence-corrected chi connectivity index (χ1v) is 4.58. The van der Waals surface area contributed by atoms with Crippen molar-refractivity contribution in [3.8, 4) is 0 Å². The van der Waals surface area contributed by atoms with Crippen molar-refractivity contribution in [2.45, 2.75) is 6.42 Å². The molecule has 0 saturated carbocycles. The summed E-state index contributed by atoms with van der Waals surface area (Å²) in [4.78, 5) is 14.4.